The number of fused-ring (bicyclic) bond motifs is 1. The molecule has 1 aliphatic rings. The Morgan fingerprint density at radius 1 is 1.40 bits per heavy atom. The van der Waals surface area contributed by atoms with Crippen LogP contribution in [-0.4, -0.2) is 44.6 Å². The molecule has 7 heteroatoms. The number of aryl methyl sites for hydroxylation is 1. The van der Waals surface area contributed by atoms with Crippen LogP contribution in [0.15, 0.2) is 10.6 Å². The Morgan fingerprint density at radius 2 is 2.12 bits per heavy atom. The molecule has 3 heterocycles. The Balaban J connectivity index is 2.07. The van der Waals surface area contributed by atoms with Crippen molar-refractivity contribution in [3.63, 3.8) is 0 Å². The van der Waals surface area contributed by atoms with Crippen molar-refractivity contribution in [2.45, 2.75) is 52.5 Å². The van der Waals surface area contributed by atoms with Crippen LogP contribution in [-0.2, 0) is 4.79 Å². The lowest BCUT2D eigenvalue weighted by molar-refractivity contribution is -0.144. The minimum absolute atomic E-state index is 0.0860. The predicted octanol–water partition coefficient (Wildman–Crippen LogP) is 2.98. The van der Waals surface area contributed by atoms with Gasteiger partial charge in [-0.3, -0.25) is 9.59 Å². The van der Waals surface area contributed by atoms with Crippen LogP contribution in [0.4, 0.5) is 0 Å². The molecule has 2 aromatic rings. The lowest BCUT2D eigenvalue weighted by Crippen LogP contribution is -2.49. The number of amides is 1. The van der Waals surface area contributed by atoms with E-state index >= 15 is 0 Å². The number of hydrogen-bond donors (Lipinski definition) is 1. The van der Waals surface area contributed by atoms with Crippen LogP contribution in [0.5, 0.6) is 0 Å². The van der Waals surface area contributed by atoms with Crippen molar-refractivity contribution in [1.29, 1.82) is 0 Å². The average Bonchev–Trinajstić information content (AvgIpc) is 2.97. The van der Waals surface area contributed by atoms with Crippen LogP contribution < -0.4 is 0 Å². The van der Waals surface area contributed by atoms with E-state index in [4.69, 9.17) is 4.52 Å². The quantitative estimate of drug-likeness (QED) is 0.918. The minimum atomic E-state index is -0.853. The third-order valence-electron chi connectivity index (χ3n) is 4.94. The standard InChI is InChI=1S/C18H23N3O4/c1-9(2)15-14-13(8-10(3)19-16(14)25-20-15)17(22)21-7-5-6-12(11(21)4)18(23)24/h8-9,11-12H,5-7H2,1-4H3,(H,23,24)/t11-,12-/m0/s1. The Morgan fingerprint density at radius 3 is 2.76 bits per heavy atom. The molecule has 2 aromatic heterocycles. The number of aromatic nitrogens is 2. The number of pyridine rings is 1. The van der Waals surface area contributed by atoms with Gasteiger partial charge in [-0.2, -0.15) is 0 Å². The summed E-state index contributed by atoms with van der Waals surface area (Å²) in [6.07, 6.45) is 1.27. The molecule has 134 valence electrons. The van der Waals surface area contributed by atoms with Gasteiger partial charge in [-0.25, -0.2) is 4.98 Å². The van der Waals surface area contributed by atoms with Crippen molar-refractivity contribution in [3.05, 3.63) is 23.0 Å². The molecular weight excluding hydrogens is 322 g/mol. The van der Waals surface area contributed by atoms with Gasteiger partial charge in [0.15, 0.2) is 0 Å². The second-order valence-corrected chi connectivity index (χ2v) is 7.04. The summed E-state index contributed by atoms with van der Waals surface area (Å²) >= 11 is 0. The molecule has 0 unspecified atom stereocenters. The van der Waals surface area contributed by atoms with Gasteiger partial charge in [-0.05, 0) is 38.7 Å². The number of likely N-dealkylation sites (tertiary alicyclic amines) is 1. The highest BCUT2D eigenvalue weighted by Gasteiger charge is 2.36. The summed E-state index contributed by atoms with van der Waals surface area (Å²) in [5.74, 6) is -1.49. The summed E-state index contributed by atoms with van der Waals surface area (Å²) in [6.45, 7) is 8.12. The van der Waals surface area contributed by atoms with Gasteiger partial charge in [-0.1, -0.05) is 19.0 Å². The molecule has 0 aliphatic carbocycles. The zero-order valence-electron chi connectivity index (χ0n) is 14.9. The third-order valence-corrected chi connectivity index (χ3v) is 4.94. The lowest BCUT2D eigenvalue weighted by atomic mass is 9.89. The summed E-state index contributed by atoms with van der Waals surface area (Å²) in [5.41, 5.74) is 2.21. The Kier molecular flexibility index (Phi) is 4.49. The summed E-state index contributed by atoms with van der Waals surface area (Å²) in [7, 11) is 0. The van der Waals surface area contributed by atoms with Crippen LogP contribution in [0.1, 0.15) is 61.3 Å². The highest BCUT2D eigenvalue weighted by atomic mass is 16.5. The first-order valence-electron chi connectivity index (χ1n) is 8.62. The molecule has 0 radical (unpaired) electrons. The molecule has 1 saturated heterocycles. The fraction of sp³-hybridized carbons (Fsp3) is 0.556. The van der Waals surface area contributed by atoms with E-state index in [9.17, 15) is 14.7 Å². The van der Waals surface area contributed by atoms with Gasteiger partial charge in [0.25, 0.3) is 11.6 Å². The average molecular weight is 345 g/mol. The molecule has 3 rings (SSSR count). The van der Waals surface area contributed by atoms with Crippen molar-refractivity contribution in [1.82, 2.24) is 15.0 Å². The molecule has 0 aromatic carbocycles. The van der Waals surface area contributed by atoms with Crippen LogP contribution in [0.2, 0.25) is 0 Å². The number of carbonyl (C=O) groups is 2. The van der Waals surface area contributed by atoms with Crippen LogP contribution in [0, 0.1) is 12.8 Å². The van der Waals surface area contributed by atoms with Gasteiger partial charge in [-0.15, -0.1) is 0 Å². The smallest absolute Gasteiger partial charge is 0.308 e. The van der Waals surface area contributed by atoms with Crippen LogP contribution in [0.3, 0.4) is 0 Å². The van der Waals surface area contributed by atoms with E-state index in [0.29, 0.717) is 47.4 Å². The van der Waals surface area contributed by atoms with Crippen molar-refractivity contribution >= 4 is 23.0 Å². The molecule has 1 amide bonds. The van der Waals surface area contributed by atoms with Gasteiger partial charge in [0.05, 0.1) is 22.6 Å². The number of carbonyl (C=O) groups excluding carboxylic acids is 1. The van der Waals surface area contributed by atoms with Crippen molar-refractivity contribution < 1.29 is 19.2 Å². The predicted molar refractivity (Wildman–Crippen MR) is 91.5 cm³/mol. The lowest BCUT2D eigenvalue weighted by Gasteiger charge is -2.37. The number of carboxylic acid groups (broad SMARTS) is 1. The van der Waals surface area contributed by atoms with E-state index in [1.165, 1.54) is 0 Å². The van der Waals surface area contributed by atoms with Crippen LogP contribution >= 0.6 is 0 Å². The van der Waals surface area contributed by atoms with Crippen molar-refractivity contribution in [3.8, 4) is 0 Å². The number of hydrogen-bond acceptors (Lipinski definition) is 5. The number of carboxylic acids is 1. The highest BCUT2D eigenvalue weighted by Crippen LogP contribution is 2.31. The van der Waals surface area contributed by atoms with Gasteiger partial charge in [0.1, 0.15) is 0 Å². The first-order valence-corrected chi connectivity index (χ1v) is 8.62. The topological polar surface area (TPSA) is 96.5 Å². The van der Waals surface area contributed by atoms with E-state index < -0.39 is 11.9 Å². The Bertz CT molecular complexity index is 827. The Labute approximate surface area is 146 Å². The minimum Gasteiger partial charge on any atom is -0.481 e. The second kappa shape index (κ2) is 6.46. The highest BCUT2D eigenvalue weighted by molar-refractivity contribution is 6.06. The number of piperidine rings is 1. The van der Waals surface area contributed by atoms with E-state index in [-0.39, 0.29) is 17.9 Å². The first kappa shape index (κ1) is 17.4. The van der Waals surface area contributed by atoms with E-state index in [1.807, 2.05) is 13.8 Å². The third kappa shape index (κ3) is 2.99. The Hall–Kier alpha value is -2.44. The fourth-order valence-electron chi connectivity index (χ4n) is 3.57. The summed E-state index contributed by atoms with van der Waals surface area (Å²) in [4.78, 5) is 30.7. The SMILES string of the molecule is Cc1cc(C(=O)N2CCC[C@H](C(=O)O)[C@@H]2C)c2c(C(C)C)noc2n1. The largest absolute Gasteiger partial charge is 0.481 e. The number of nitrogens with zero attached hydrogens (tertiary/aromatic N) is 3. The fourth-order valence-corrected chi connectivity index (χ4v) is 3.57. The van der Waals surface area contributed by atoms with Gasteiger partial charge in [0, 0.05) is 18.3 Å². The summed E-state index contributed by atoms with van der Waals surface area (Å²) < 4.78 is 5.33. The molecular formula is C18H23N3O4. The van der Waals surface area contributed by atoms with E-state index in [0.717, 1.165) is 0 Å². The maximum atomic E-state index is 13.3. The molecule has 1 fully saturated rings. The normalized spacial score (nSPS) is 21.1. The molecule has 7 nitrogen and oxygen atoms in total. The zero-order valence-corrected chi connectivity index (χ0v) is 14.9. The van der Waals surface area contributed by atoms with Crippen molar-refractivity contribution in [2.75, 3.05) is 6.54 Å². The second-order valence-electron chi connectivity index (χ2n) is 7.04. The van der Waals surface area contributed by atoms with Gasteiger partial charge >= 0.3 is 5.97 Å². The maximum Gasteiger partial charge on any atom is 0.308 e. The maximum absolute atomic E-state index is 13.3. The monoisotopic (exact) mass is 345 g/mol. The summed E-state index contributed by atoms with van der Waals surface area (Å²) in [5, 5.41) is 14.1. The number of aliphatic carboxylic acids is 1. The molecule has 0 bridgehead atoms. The molecule has 1 N–H and O–H groups in total. The molecule has 0 saturated carbocycles. The molecule has 2 atom stereocenters. The summed E-state index contributed by atoms with van der Waals surface area (Å²) in [6, 6.07) is 1.38. The van der Waals surface area contributed by atoms with E-state index in [2.05, 4.69) is 10.1 Å². The zero-order chi connectivity index (χ0) is 18.3. The number of rotatable bonds is 3. The molecule has 25 heavy (non-hydrogen) atoms. The molecule has 0 spiro atoms. The van der Waals surface area contributed by atoms with E-state index in [1.54, 1.807) is 24.8 Å². The molecule has 1 aliphatic heterocycles. The van der Waals surface area contributed by atoms with Crippen LogP contribution in [0.25, 0.3) is 11.1 Å². The van der Waals surface area contributed by atoms with Crippen molar-refractivity contribution in [2.24, 2.45) is 5.92 Å². The van der Waals surface area contributed by atoms with Gasteiger partial charge in [0.2, 0.25) is 0 Å². The first-order chi connectivity index (χ1) is 11.8. The van der Waals surface area contributed by atoms with Gasteiger partial charge < -0.3 is 14.5 Å².